The van der Waals surface area contributed by atoms with E-state index in [0.717, 1.165) is 49.7 Å². The summed E-state index contributed by atoms with van der Waals surface area (Å²) in [5.41, 5.74) is 2.23. The van der Waals surface area contributed by atoms with Crippen LogP contribution in [0.2, 0.25) is 0 Å². The van der Waals surface area contributed by atoms with Gasteiger partial charge < -0.3 is 9.47 Å². The first-order chi connectivity index (χ1) is 11.8. The van der Waals surface area contributed by atoms with Gasteiger partial charge in [0.25, 0.3) is 5.91 Å². The summed E-state index contributed by atoms with van der Waals surface area (Å²) in [6, 6.07) is 12.1. The summed E-state index contributed by atoms with van der Waals surface area (Å²) in [5.74, 6) is 0.172. The number of benzene rings is 1. The molecule has 1 amide bonds. The lowest BCUT2D eigenvalue weighted by Gasteiger charge is -2.34. The molecule has 1 saturated heterocycles. The fraction of sp³-hybridized carbons (Fsp3) is 0.333. The van der Waals surface area contributed by atoms with Crippen LogP contribution in [0.4, 0.5) is 0 Å². The molecular formula is C18H20N4OS. The molecule has 3 aromatic rings. The molecule has 0 atom stereocenters. The lowest BCUT2D eigenvalue weighted by Crippen LogP contribution is -2.49. The molecule has 0 aliphatic carbocycles. The maximum Gasteiger partial charge on any atom is 0.264 e. The van der Waals surface area contributed by atoms with Gasteiger partial charge in [-0.1, -0.05) is 18.2 Å². The van der Waals surface area contributed by atoms with E-state index in [1.54, 1.807) is 0 Å². The molecule has 24 heavy (non-hydrogen) atoms. The Balaban J connectivity index is 1.31. The SMILES string of the molecule is O=C(c1cccs1)N1CCN(CCn2cnc3ccccc32)CC1. The minimum Gasteiger partial charge on any atom is -0.335 e. The molecule has 3 heterocycles. The first-order valence-electron chi connectivity index (χ1n) is 8.26. The third-order valence-corrected chi connectivity index (χ3v) is 5.43. The van der Waals surface area contributed by atoms with Crippen molar-refractivity contribution >= 4 is 28.3 Å². The Morgan fingerprint density at radius 1 is 1.04 bits per heavy atom. The predicted molar refractivity (Wildman–Crippen MR) is 96.4 cm³/mol. The number of thiophene rings is 1. The summed E-state index contributed by atoms with van der Waals surface area (Å²) in [6.45, 7) is 5.40. The predicted octanol–water partition coefficient (Wildman–Crippen LogP) is 2.56. The largest absolute Gasteiger partial charge is 0.335 e. The van der Waals surface area contributed by atoms with Gasteiger partial charge in [0.05, 0.1) is 22.2 Å². The molecule has 4 rings (SSSR count). The Morgan fingerprint density at radius 3 is 2.67 bits per heavy atom. The Morgan fingerprint density at radius 2 is 1.88 bits per heavy atom. The molecule has 0 bridgehead atoms. The summed E-state index contributed by atoms with van der Waals surface area (Å²) < 4.78 is 2.21. The van der Waals surface area contributed by atoms with Crippen LogP contribution in [0.3, 0.4) is 0 Å². The normalized spacial score (nSPS) is 15.9. The van der Waals surface area contributed by atoms with Crippen LogP contribution in [-0.2, 0) is 6.54 Å². The maximum absolute atomic E-state index is 12.4. The van der Waals surface area contributed by atoms with Gasteiger partial charge in [0.15, 0.2) is 0 Å². The van der Waals surface area contributed by atoms with Crippen LogP contribution in [0.5, 0.6) is 0 Å². The number of hydrogen-bond acceptors (Lipinski definition) is 4. The topological polar surface area (TPSA) is 41.4 Å². The second-order valence-electron chi connectivity index (χ2n) is 6.04. The summed E-state index contributed by atoms with van der Waals surface area (Å²) in [6.07, 6.45) is 1.92. The second kappa shape index (κ2) is 6.75. The lowest BCUT2D eigenvalue weighted by molar-refractivity contribution is 0.0638. The highest BCUT2D eigenvalue weighted by atomic mass is 32.1. The number of amides is 1. The van der Waals surface area contributed by atoms with Crippen molar-refractivity contribution in [2.75, 3.05) is 32.7 Å². The van der Waals surface area contributed by atoms with Gasteiger partial charge in [-0.3, -0.25) is 9.69 Å². The number of fused-ring (bicyclic) bond motifs is 1. The number of carbonyl (C=O) groups excluding carboxylic acids is 1. The fourth-order valence-electron chi connectivity index (χ4n) is 3.17. The first-order valence-corrected chi connectivity index (χ1v) is 9.14. The molecule has 1 fully saturated rings. The van der Waals surface area contributed by atoms with Crippen molar-refractivity contribution < 1.29 is 4.79 Å². The summed E-state index contributed by atoms with van der Waals surface area (Å²) in [7, 11) is 0. The van der Waals surface area contributed by atoms with Gasteiger partial charge in [-0.2, -0.15) is 0 Å². The summed E-state index contributed by atoms with van der Waals surface area (Å²) in [5, 5.41) is 1.96. The molecule has 1 aliphatic heterocycles. The van der Waals surface area contributed by atoms with Crippen LogP contribution < -0.4 is 0 Å². The van der Waals surface area contributed by atoms with Crippen molar-refractivity contribution in [2.45, 2.75) is 6.54 Å². The standard InChI is InChI=1S/C18H20N4OS/c23-18(17-6-3-13-24-17)21-10-7-20(8-11-21)9-12-22-14-19-15-4-1-2-5-16(15)22/h1-6,13-14H,7-12H2. The molecule has 6 heteroatoms. The minimum absolute atomic E-state index is 0.172. The van der Waals surface area contributed by atoms with E-state index in [9.17, 15) is 4.79 Å². The summed E-state index contributed by atoms with van der Waals surface area (Å²) in [4.78, 5) is 22.0. The van der Waals surface area contributed by atoms with Crippen molar-refractivity contribution in [3.05, 3.63) is 53.0 Å². The molecular weight excluding hydrogens is 320 g/mol. The Bertz CT molecular complexity index is 819. The summed E-state index contributed by atoms with van der Waals surface area (Å²) >= 11 is 1.52. The molecule has 1 aliphatic rings. The third kappa shape index (κ3) is 3.07. The van der Waals surface area contributed by atoms with Crippen molar-refractivity contribution in [1.82, 2.24) is 19.4 Å². The van der Waals surface area contributed by atoms with Crippen LogP contribution in [0.1, 0.15) is 9.67 Å². The average molecular weight is 340 g/mol. The molecule has 0 saturated carbocycles. The first kappa shape index (κ1) is 15.4. The molecule has 0 spiro atoms. The van der Waals surface area contributed by atoms with Crippen molar-refractivity contribution in [1.29, 1.82) is 0 Å². The number of carbonyl (C=O) groups is 1. The number of piperazine rings is 1. The second-order valence-corrected chi connectivity index (χ2v) is 6.99. The van der Waals surface area contributed by atoms with Crippen molar-refractivity contribution in [3.63, 3.8) is 0 Å². The van der Waals surface area contributed by atoms with E-state index >= 15 is 0 Å². The fourth-order valence-corrected chi connectivity index (χ4v) is 3.86. The smallest absolute Gasteiger partial charge is 0.264 e. The molecule has 1 aromatic carbocycles. The van der Waals surface area contributed by atoms with Gasteiger partial charge in [0.1, 0.15) is 0 Å². The van der Waals surface area contributed by atoms with Gasteiger partial charge in [-0.15, -0.1) is 11.3 Å². The zero-order chi connectivity index (χ0) is 16.4. The van der Waals surface area contributed by atoms with Gasteiger partial charge in [0, 0.05) is 39.3 Å². The molecule has 0 N–H and O–H groups in total. The monoisotopic (exact) mass is 340 g/mol. The van der Waals surface area contributed by atoms with Crippen LogP contribution >= 0.6 is 11.3 Å². The van der Waals surface area contributed by atoms with E-state index in [2.05, 4.69) is 26.6 Å². The third-order valence-electron chi connectivity index (χ3n) is 4.58. The van der Waals surface area contributed by atoms with E-state index in [1.807, 2.05) is 40.9 Å². The van der Waals surface area contributed by atoms with E-state index in [0.29, 0.717) is 0 Å². The van der Waals surface area contributed by atoms with Crippen LogP contribution in [-0.4, -0.2) is 58.0 Å². The van der Waals surface area contributed by atoms with Gasteiger partial charge in [0.2, 0.25) is 0 Å². The quantitative estimate of drug-likeness (QED) is 0.733. The zero-order valence-electron chi connectivity index (χ0n) is 13.5. The minimum atomic E-state index is 0.172. The highest BCUT2D eigenvalue weighted by molar-refractivity contribution is 7.12. The highest BCUT2D eigenvalue weighted by Crippen LogP contribution is 2.15. The van der Waals surface area contributed by atoms with E-state index in [-0.39, 0.29) is 5.91 Å². The average Bonchev–Trinajstić information content (AvgIpc) is 3.30. The maximum atomic E-state index is 12.4. The molecule has 124 valence electrons. The number of imidazole rings is 1. The van der Waals surface area contributed by atoms with Crippen LogP contribution in [0.25, 0.3) is 11.0 Å². The molecule has 5 nitrogen and oxygen atoms in total. The molecule has 2 aromatic heterocycles. The van der Waals surface area contributed by atoms with Crippen LogP contribution in [0.15, 0.2) is 48.1 Å². The number of para-hydroxylation sites is 2. The number of hydrogen-bond donors (Lipinski definition) is 0. The van der Waals surface area contributed by atoms with Crippen LogP contribution in [0, 0.1) is 0 Å². The zero-order valence-corrected chi connectivity index (χ0v) is 14.3. The molecule has 0 radical (unpaired) electrons. The Hall–Kier alpha value is -2.18. The number of nitrogens with zero attached hydrogens (tertiary/aromatic N) is 4. The van der Waals surface area contributed by atoms with E-state index < -0.39 is 0 Å². The number of aromatic nitrogens is 2. The van der Waals surface area contributed by atoms with Gasteiger partial charge >= 0.3 is 0 Å². The Labute approximate surface area is 145 Å². The molecule has 0 unspecified atom stereocenters. The Kier molecular flexibility index (Phi) is 4.32. The van der Waals surface area contributed by atoms with Crippen molar-refractivity contribution in [2.24, 2.45) is 0 Å². The van der Waals surface area contributed by atoms with Crippen molar-refractivity contribution in [3.8, 4) is 0 Å². The van der Waals surface area contributed by atoms with E-state index in [1.165, 1.54) is 16.9 Å². The van der Waals surface area contributed by atoms with E-state index in [4.69, 9.17) is 0 Å². The van der Waals surface area contributed by atoms with Gasteiger partial charge in [-0.05, 0) is 23.6 Å². The number of rotatable bonds is 4. The lowest BCUT2D eigenvalue weighted by atomic mass is 10.3. The van der Waals surface area contributed by atoms with Gasteiger partial charge in [-0.25, -0.2) is 4.98 Å². The highest BCUT2D eigenvalue weighted by Gasteiger charge is 2.22.